The number of rotatable bonds is 6. The van der Waals surface area contributed by atoms with Gasteiger partial charge in [-0.1, -0.05) is 25.1 Å². The van der Waals surface area contributed by atoms with Crippen LogP contribution in [0.1, 0.15) is 12.6 Å². The maximum atomic E-state index is 5.23. The van der Waals surface area contributed by atoms with Gasteiger partial charge in [-0.25, -0.2) is 9.97 Å². The molecule has 1 unspecified atom stereocenters. The average molecular weight is 245 g/mol. The van der Waals surface area contributed by atoms with Crippen molar-refractivity contribution in [3.63, 3.8) is 0 Å². The van der Waals surface area contributed by atoms with Crippen molar-refractivity contribution < 1.29 is 4.74 Å². The van der Waals surface area contributed by atoms with Crippen molar-refractivity contribution in [3.8, 4) is 0 Å². The molecule has 0 saturated heterocycles. The highest BCUT2D eigenvalue weighted by Crippen LogP contribution is 2.15. The molecule has 2 aromatic rings. The molecule has 0 aliphatic carbocycles. The molecule has 0 aliphatic rings. The van der Waals surface area contributed by atoms with E-state index in [9.17, 15) is 0 Å². The molecule has 1 heterocycles. The monoisotopic (exact) mass is 245 g/mol. The molecule has 18 heavy (non-hydrogen) atoms. The van der Waals surface area contributed by atoms with Crippen molar-refractivity contribution in [1.82, 2.24) is 15.3 Å². The molecule has 96 valence electrons. The summed E-state index contributed by atoms with van der Waals surface area (Å²) in [5.74, 6) is 0. The van der Waals surface area contributed by atoms with E-state index in [4.69, 9.17) is 4.74 Å². The van der Waals surface area contributed by atoms with Crippen LogP contribution in [0.15, 0.2) is 30.6 Å². The van der Waals surface area contributed by atoms with Crippen LogP contribution >= 0.6 is 0 Å². The first-order valence-corrected chi connectivity index (χ1v) is 6.26. The van der Waals surface area contributed by atoms with Gasteiger partial charge >= 0.3 is 0 Å². The van der Waals surface area contributed by atoms with Crippen LogP contribution in [0, 0.1) is 0 Å². The van der Waals surface area contributed by atoms with E-state index >= 15 is 0 Å². The number of aromatic nitrogens is 2. The highest BCUT2D eigenvalue weighted by atomic mass is 16.5. The first kappa shape index (κ1) is 12.9. The number of likely N-dealkylation sites (N-methyl/N-ethyl adjacent to an activating group) is 1. The van der Waals surface area contributed by atoms with E-state index in [0.717, 1.165) is 29.6 Å². The lowest BCUT2D eigenvalue weighted by Crippen LogP contribution is -2.35. The fourth-order valence-electron chi connectivity index (χ4n) is 2.14. The molecule has 1 atom stereocenters. The third-order valence-corrected chi connectivity index (χ3v) is 2.93. The molecule has 0 bridgehead atoms. The quantitative estimate of drug-likeness (QED) is 0.843. The van der Waals surface area contributed by atoms with E-state index in [2.05, 4.69) is 28.3 Å². The third kappa shape index (κ3) is 3.03. The van der Waals surface area contributed by atoms with Crippen LogP contribution in [0.2, 0.25) is 0 Å². The SMILES string of the molecule is CCNC(COC)Cc1ncnc2ccccc12. The molecule has 0 aliphatic heterocycles. The van der Waals surface area contributed by atoms with E-state index in [1.807, 2.05) is 18.2 Å². The number of ether oxygens (including phenoxy) is 1. The van der Waals surface area contributed by atoms with Gasteiger partial charge in [0.2, 0.25) is 0 Å². The zero-order valence-electron chi connectivity index (χ0n) is 10.9. The van der Waals surface area contributed by atoms with Crippen molar-refractivity contribution in [2.45, 2.75) is 19.4 Å². The largest absolute Gasteiger partial charge is 0.383 e. The maximum Gasteiger partial charge on any atom is 0.116 e. The lowest BCUT2D eigenvalue weighted by molar-refractivity contribution is 0.166. The first-order chi connectivity index (χ1) is 8.85. The summed E-state index contributed by atoms with van der Waals surface area (Å²) in [5, 5.41) is 4.54. The van der Waals surface area contributed by atoms with Crippen LogP contribution in [-0.2, 0) is 11.2 Å². The molecule has 0 fully saturated rings. The molecule has 4 heteroatoms. The Hall–Kier alpha value is -1.52. The highest BCUT2D eigenvalue weighted by molar-refractivity contribution is 5.80. The van der Waals surface area contributed by atoms with Gasteiger partial charge in [0, 0.05) is 25.0 Å². The van der Waals surface area contributed by atoms with Crippen LogP contribution in [-0.4, -0.2) is 36.3 Å². The van der Waals surface area contributed by atoms with Crippen LogP contribution in [0.25, 0.3) is 10.9 Å². The zero-order chi connectivity index (χ0) is 12.8. The number of nitrogens with zero attached hydrogens (tertiary/aromatic N) is 2. The molecular weight excluding hydrogens is 226 g/mol. The number of fused-ring (bicyclic) bond motifs is 1. The number of para-hydroxylation sites is 1. The Morgan fingerprint density at radius 2 is 2.11 bits per heavy atom. The van der Waals surface area contributed by atoms with Crippen molar-refractivity contribution in [1.29, 1.82) is 0 Å². The number of hydrogen-bond acceptors (Lipinski definition) is 4. The Kier molecular flexibility index (Phi) is 4.61. The third-order valence-electron chi connectivity index (χ3n) is 2.93. The van der Waals surface area contributed by atoms with Crippen LogP contribution in [0.4, 0.5) is 0 Å². The summed E-state index contributed by atoms with van der Waals surface area (Å²) in [6.45, 7) is 3.71. The molecule has 2 rings (SSSR count). The van der Waals surface area contributed by atoms with Crippen LogP contribution in [0.5, 0.6) is 0 Å². The van der Waals surface area contributed by atoms with E-state index in [1.54, 1.807) is 13.4 Å². The Labute approximate surface area is 107 Å². The fraction of sp³-hybridized carbons (Fsp3) is 0.429. The molecular formula is C14H19N3O. The molecule has 0 spiro atoms. The van der Waals surface area contributed by atoms with E-state index in [1.165, 1.54) is 0 Å². The number of methoxy groups -OCH3 is 1. The van der Waals surface area contributed by atoms with Gasteiger partial charge in [-0.05, 0) is 12.6 Å². The predicted molar refractivity (Wildman–Crippen MR) is 72.6 cm³/mol. The van der Waals surface area contributed by atoms with Crippen molar-refractivity contribution in [2.75, 3.05) is 20.3 Å². The molecule has 0 saturated carbocycles. The van der Waals surface area contributed by atoms with Crippen LogP contribution < -0.4 is 5.32 Å². The number of hydrogen-bond donors (Lipinski definition) is 1. The Balaban J connectivity index is 2.24. The van der Waals surface area contributed by atoms with Crippen molar-refractivity contribution in [3.05, 3.63) is 36.3 Å². The Morgan fingerprint density at radius 1 is 1.28 bits per heavy atom. The van der Waals surface area contributed by atoms with E-state index < -0.39 is 0 Å². The van der Waals surface area contributed by atoms with Gasteiger partial charge < -0.3 is 10.1 Å². The molecule has 0 amide bonds. The van der Waals surface area contributed by atoms with Crippen molar-refractivity contribution >= 4 is 10.9 Å². The van der Waals surface area contributed by atoms with E-state index in [-0.39, 0.29) is 0 Å². The Morgan fingerprint density at radius 3 is 2.89 bits per heavy atom. The predicted octanol–water partition coefficient (Wildman–Crippen LogP) is 1.80. The van der Waals surface area contributed by atoms with Gasteiger partial charge in [0.15, 0.2) is 0 Å². The summed E-state index contributed by atoms with van der Waals surface area (Å²) in [5.41, 5.74) is 2.07. The molecule has 1 N–H and O–H groups in total. The standard InChI is InChI=1S/C14H19N3O/c1-3-15-11(9-18-2)8-14-12-6-4-5-7-13(12)16-10-17-14/h4-7,10-11,15H,3,8-9H2,1-2H3. The van der Waals surface area contributed by atoms with E-state index in [0.29, 0.717) is 12.6 Å². The highest BCUT2D eigenvalue weighted by Gasteiger charge is 2.11. The summed E-state index contributed by atoms with van der Waals surface area (Å²) in [6.07, 6.45) is 2.48. The second-order valence-electron chi connectivity index (χ2n) is 4.25. The first-order valence-electron chi connectivity index (χ1n) is 6.26. The zero-order valence-corrected chi connectivity index (χ0v) is 10.9. The Bertz CT molecular complexity index is 490. The van der Waals surface area contributed by atoms with Crippen molar-refractivity contribution in [2.24, 2.45) is 0 Å². The van der Waals surface area contributed by atoms with Gasteiger partial charge in [0.1, 0.15) is 6.33 Å². The minimum Gasteiger partial charge on any atom is -0.383 e. The van der Waals surface area contributed by atoms with Gasteiger partial charge in [-0.2, -0.15) is 0 Å². The maximum absolute atomic E-state index is 5.23. The minimum atomic E-state index is 0.290. The van der Waals surface area contributed by atoms with Crippen LogP contribution in [0.3, 0.4) is 0 Å². The fourth-order valence-corrected chi connectivity index (χ4v) is 2.14. The van der Waals surface area contributed by atoms with Gasteiger partial charge in [-0.15, -0.1) is 0 Å². The molecule has 4 nitrogen and oxygen atoms in total. The molecule has 1 aromatic heterocycles. The number of nitrogens with one attached hydrogen (secondary N) is 1. The second kappa shape index (κ2) is 6.42. The number of benzene rings is 1. The lowest BCUT2D eigenvalue weighted by atomic mass is 10.1. The average Bonchev–Trinajstić information content (AvgIpc) is 2.40. The molecule has 0 radical (unpaired) electrons. The summed E-state index contributed by atoms with van der Waals surface area (Å²) in [6, 6.07) is 8.39. The topological polar surface area (TPSA) is 47.0 Å². The van der Waals surface area contributed by atoms with Gasteiger partial charge in [0.05, 0.1) is 17.8 Å². The lowest BCUT2D eigenvalue weighted by Gasteiger charge is -2.17. The summed E-state index contributed by atoms with van der Waals surface area (Å²) in [7, 11) is 1.72. The van der Waals surface area contributed by atoms with Gasteiger partial charge in [0.25, 0.3) is 0 Å². The summed E-state index contributed by atoms with van der Waals surface area (Å²) < 4.78 is 5.23. The molecule has 1 aromatic carbocycles. The normalized spacial score (nSPS) is 12.8. The smallest absolute Gasteiger partial charge is 0.116 e. The van der Waals surface area contributed by atoms with Gasteiger partial charge in [-0.3, -0.25) is 0 Å². The second-order valence-corrected chi connectivity index (χ2v) is 4.25. The summed E-state index contributed by atoms with van der Waals surface area (Å²) in [4.78, 5) is 8.68. The summed E-state index contributed by atoms with van der Waals surface area (Å²) >= 11 is 0. The minimum absolute atomic E-state index is 0.290.